The number of anilines is 1. The first-order valence-corrected chi connectivity index (χ1v) is 7.45. The van der Waals surface area contributed by atoms with Crippen LogP contribution in [-0.4, -0.2) is 4.57 Å². The predicted molar refractivity (Wildman–Crippen MR) is 81.2 cm³/mol. The van der Waals surface area contributed by atoms with Gasteiger partial charge in [0.15, 0.2) is 0 Å². The van der Waals surface area contributed by atoms with Crippen LogP contribution in [0, 0.1) is 0 Å². The van der Waals surface area contributed by atoms with Gasteiger partial charge in [0.05, 0.1) is 12.1 Å². The van der Waals surface area contributed by atoms with Crippen LogP contribution in [0.15, 0.2) is 41.0 Å². The SMILES string of the molecule is CCCn1cccc1CNc1ccc(Br)c(C(F)(F)F)c1. The molecule has 1 aromatic carbocycles. The van der Waals surface area contributed by atoms with Gasteiger partial charge in [-0.1, -0.05) is 22.9 Å². The van der Waals surface area contributed by atoms with Gasteiger partial charge >= 0.3 is 6.18 Å². The number of nitrogens with zero attached hydrogens (tertiary/aromatic N) is 1. The van der Waals surface area contributed by atoms with Gasteiger partial charge in [0.25, 0.3) is 0 Å². The van der Waals surface area contributed by atoms with Crippen molar-refractivity contribution in [3.8, 4) is 0 Å². The van der Waals surface area contributed by atoms with Gasteiger partial charge in [0.2, 0.25) is 0 Å². The van der Waals surface area contributed by atoms with E-state index in [0.717, 1.165) is 24.7 Å². The summed E-state index contributed by atoms with van der Waals surface area (Å²) in [6.45, 7) is 3.48. The van der Waals surface area contributed by atoms with Gasteiger partial charge < -0.3 is 9.88 Å². The molecule has 6 heteroatoms. The molecular formula is C15H16BrF3N2. The smallest absolute Gasteiger partial charge is 0.379 e. The zero-order valence-corrected chi connectivity index (χ0v) is 13.1. The van der Waals surface area contributed by atoms with E-state index in [1.807, 2.05) is 18.3 Å². The van der Waals surface area contributed by atoms with Crippen LogP contribution < -0.4 is 5.32 Å². The fraction of sp³-hybridized carbons (Fsp3) is 0.333. The summed E-state index contributed by atoms with van der Waals surface area (Å²) in [6, 6.07) is 8.07. The molecule has 21 heavy (non-hydrogen) atoms. The van der Waals surface area contributed by atoms with Gasteiger partial charge in [-0.05, 0) is 36.8 Å². The molecule has 1 N–H and O–H groups in total. The second-order valence-corrected chi connectivity index (χ2v) is 5.59. The highest BCUT2D eigenvalue weighted by atomic mass is 79.9. The topological polar surface area (TPSA) is 17.0 Å². The van der Waals surface area contributed by atoms with Crippen molar-refractivity contribution >= 4 is 21.6 Å². The Hall–Kier alpha value is -1.43. The molecule has 0 saturated carbocycles. The molecule has 2 rings (SSSR count). The van der Waals surface area contributed by atoms with Crippen molar-refractivity contribution in [1.29, 1.82) is 0 Å². The maximum Gasteiger partial charge on any atom is 0.417 e. The summed E-state index contributed by atoms with van der Waals surface area (Å²) in [7, 11) is 0. The van der Waals surface area contributed by atoms with Crippen LogP contribution in [0.4, 0.5) is 18.9 Å². The lowest BCUT2D eigenvalue weighted by Crippen LogP contribution is -2.09. The lowest BCUT2D eigenvalue weighted by atomic mass is 10.2. The molecule has 1 heterocycles. The van der Waals surface area contributed by atoms with Crippen molar-refractivity contribution in [3.63, 3.8) is 0 Å². The first kappa shape index (κ1) is 15.9. The summed E-state index contributed by atoms with van der Waals surface area (Å²) in [5.74, 6) is 0. The lowest BCUT2D eigenvalue weighted by Gasteiger charge is -2.13. The third-order valence-corrected chi connectivity index (χ3v) is 3.82. The van der Waals surface area contributed by atoms with Gasteiger partial charge in [0, 0.05) is 28.6 Å². The molecule has 0 amide bonds. The van der Waals surface area contributed by atoms with Crippen molar-refractivity contribution < 1.29 is 13.2 Å². The van der Waals surface area contributed by atoms with E-state index in [1.54, 1.807) is 6.07 Å². The standard InChI is InChI=1S/C15H16BrF3N2/c1-2-7-21-8-3-4-12(21)10-20-11-5-6-14(16)13(9-11)15(17,18)19/h3-6,8-9,20H,2,7,10H2,1H3. The minimum Gasteiger partial charge on any atom is -0.379 e. The van der Waals surface area contributed by atoms with Gasteiger partial charge in [-0.25, -0.2) is 0 Å². The normalized spacial score (nSPS) is 11.7. The summed E-state index contributed by atoms with van der Waals surface area (Å²) in [5, 5.41) is 3.04. The maximum absolute atomic E-state index is 12.8. The number of alkyl halides is 3. The van der Waals surface area contributed by atoms with Crippen molar-refractivity contribution in [2.24, 2.45) is 0 Å². The second kappa shape index (κ2) is 6.56. The monoisotopic (exact) mass is 360 g/mol. The van der Waals surface area contributed by atoms with Crippen LogP contribution in [0.25, 0.3) is 0 Å². The van der Waals surface area contributed by atoms with E-state index >= 15 is 0 Å². The molecule has 2 aromatic rings. The van der Waals surface area contributed by atoms with Crippen LogP contribution in [0.5, 0.6) is 0 Å². The summed E-state index contributed by atoms with van der Waals surface area (Å²) >= 11 is 2.94. The number of hydrogen-bond acceptors (Lipinski definition) is 1. The summed E-state index contributed by atoms with van der Waals surface area (Å²) in [4.78, 5) is 0. The number of benzene rings is 1. The van der Waals surface area contributed by atoms with Crippen LogP contribution in [-0.2, 0) is 19.3 Å². The van der Waals surface area contributed by atoms with E-state index in [9.17, 15) is 13.2 Å². The third-order valence-electron chi connectivity index (χ3n) is 3.13. The molecule has 0 unspecified atom stereocenters. The number of aryl methyl sites for hydroxylation is 1. The molecule has 0 spiro atoms. The van der Waals surface area contributed by atoms with Crippen molar-refractivity contribution in [2.45, 2.75) is 32.6 Å². The maximum atomic E-state index is 12.8. The van der Waals surface area contributed by atoms with Crippen molar-refractivity contribution in [1.82, 2.24) is 4.57 Å². The minimum absolute atomic E-state index is 0.0508. The predicted octanol–water partition coefficient (Wildman–Crippen LogP) is 5.29. The molecule has 114 valence electrons. The average molecular weight is 361 g/mol. The van der Waals surface area contributed by atoms with Gasteiger partial charge in [0.1, 0.15) is 0 Å². The Bertz CT molecular complexity index is 605. The van der Waals surface area contributed by atoms with E-state index in [2.05, 4.69) is 32.7 Å². The first-order chi connectivity index (χ1) is 9.91. The number of halogens is 4. The van der Waals surface area contributed by atoms with Gasteiger partial charge in [-0.2, -0.15) is 13.2 Å². The third kappa shape index (κ3) is 4.03. The molecule has 0 aliphatic rings. The highest BCUT2D eigenvalue weighted by Crippen LogP contribution is 2.36. The highest BCUT2D eigenvalue weighted by Gasteiger charge is 2.33. The molecule has 0 saturated heterocycles. The van der Waals surface area contributed by atoms with Gasteiger partial charge in [-0.15, -0.1) is 0 Å². The lowest BCUT2D eigenvalue weighted by molar-refractivity contribution is -0.138. The van der Waals surface area contributed by atoms with Crippen molar-refractivity contribution in [3.05, 3.63) is 52.3 Å². The van der Waals surface area contributed by atoms with Crippen LogP contribution in [0.1, 0.15) is 24.6 Å². The molecule has 0 radical (unpaired) electrons. The minimum atomic E-state index is -4.36. The quantitative estimate of drug-likeness (QED) is 0.766. The molecule has 1 aromatic heterocycles. The van der Waals surface area contributed by atoms with E-state index in [0.29, 0.717) is 12.2 Å². The van der Waals surface area contributed by atoms with E-state index in [4.69, 9.17) is 0 Å². The zero-order chi connectivity index (χ0) is 15.5. The molecule has 0 aliphatic carbocycles. The Morgan fingerprint density at radius 2 is 2.00 bits per heavy atom. The Balaban J connectivity index is 2.12. The summed E-state index contributed by atoms with van der Waals surface area (Å²) < 4.78 is 40.7. The molecule has 2 nitrogen and oxygen atoms in total. The van der Waals surface area contributed by atoms with Gasteiger partial charge in [-0.3, -0.25) is 0 Å². The van der Waals surface area contributed by atoms with Crippen LogP contribution in [0.2, 0.25) is 0 Å². The highest BCUT2D eigenvalue weighted by molar-refractivity contribution is 9.10. The molecule has 0 atom stereocenters. The van der Waals surface area contributed by atoms with Crippen LogP contribution >= 0.6 is 15.9 Å². The Morgan fingerprint density at radius 1 is 1.24 bits per heavy atom. The summed E-state index contributed by atoms with van der Waals surface area (Å²) in [6.07, 6.45) is -1.37. The molecular weight excluding hydrogens is 345 g/mol. The van der Waals surface area contributed by atoms with Crippen molar-refractivity contribution in [2.75, 3.05) is 5.32 Å². The molecule has 0 aliphatic heterocycles. The zero-order valence-electron chi connectivity index (χ0n) is 11.5. The average Bonchev–Trinajstić information content (AvgIpc) is 2.84. The molecule has 0 fully saturated rings. The number of rotatable bonds is 5. The van der Waals surface area contributed by atoms with E-state index in [-0.39, 0.29) is 4.47 Å². The fourth-order valence-corrected chi connectivity index (χ4v) is 2.59. The van der Waals surface area contributed by atoms with E-state index < -0.39 is 11.7 Å². The number of nitrogens with one attached hydrogen (secondary N) is 1. The first-order valence-electron chi connectivity index (χ1n) is 6.66. The second-order valence-electron chi connectivity index (χ2n) is 4.74. The number of aromatic nitrogens is 1. The van der Waals surface area contributed by atoms with E-state index in [1.165, 1.54) is 6.07 Å². The molecule has 0 bridgehead atoms. The fourth-order valence-electron chi connectivity index (χ4n) is 2.11. The Morgan fingerprint density at radius 3 is 2.67 bits per heavy atom. The Labute approximate surface area is 130 Å². The number of hydrogen-bond donors (Lipinski definition) is 1. The summed E-state index contributed by atoms with van der Waals surface area (Å²) in [5.41, 5.74) is 0.833. The van der Waals surface area contributed by atoms with Crippen LogP contribution in [0.3, 0.4) is 0 Å². The largest absolute Gasteiger partial charge is 0.417 e. The Kier molecular flexibility index (Phi) is 4.98.